The molecule has 3 aromatic carbocycles. The Balaban J connectivity index is 2.24. The fourth-order valence-electron chi connectivity index (χ4n) is 5.17. The Morgan fingerprint density at radius 3 is 2.19 bits per heavy atom. The number of hydrogen-bond donors (Lipinski definition) is 0. The first-order valence-corrected chi connectivity index (χ1v) is 11.6. The molecular weight excluding hydrogens is 388 g/mol. The summed E-state index contributed by atoms with van der Waals surface area (Å²) in [5.74, 6) is 1.45. The van der Waals surface area contributed by atoms with Crippen LogP contribution in [0, 0.1) is 13.8 Å². The Kier molecular flexibility index (Phi) is 4.81. The number of para-hydroxylation sites is 3. The van der Waals surface area contributed by atoms with Crippen molar-refractivity contribution >= 4 is 11.0 Å². The van der Waals surface area contributed by atoms with Gasteiger partial charge in [0.05, 0.1) is 11.5 Å². The zero-order valence-electron chi connectivity index (χ0n) is 23.4. The van der Waals surface area contributed by atoms with E-state index in [1.54, 1.807) is 6.07 Å². The van der Waals surface area contributed by atoms with E-state index in [9.17, 15) is 0 Å². The van der Waals surface area contributed by atoms with E-state index >= 15 is 0 Å². The van der Waals surface area contributed by atoms with Crippen molar-refractivity contribution in [1.82, 2.24) is 4.57 Å². The van der Waals surface area contributed by atoms with Gasteiger partial charge in [0.25, 0.3) is 5.82 Å². The molecule has 0 atom stereocenters. The second-order valence-electron chi connectivity index (χ2n) is 9.95. The van der Waals surface area contributed by atoms with E-state index in [0.717, 1.165) is 28.1 Å². The monoisotopic (exact) mass is 428 g/mol. The summed E-state index contributed by atoms with van der Waals surface area (Å²) in [6.07, 6.45) is 0. The molecule has 0 unspecified atom stereocenters. The van der Waals surface area contributed by atoms with Crippen LogP contribution in [0.5, 0.6) is 0 Å². The van der Waals surface area contributed by atoms with Gasteiger partial charge in [0.1, 0.15) is 5.69 Å². The molecule has 4 aromatic rings. The lowest BCUT2D eigenvalue weighted by atomic mass is 9.78. The van der Waals surface area contributed by atoms with E-state index in [1.165, 1.54) is 11.1 Å². The van der Waals surface area contributed by atoms with Gasteiger partial charge >= 0.3 is 0 Å². The Morgan fingerprint density at radius 1 is 0.844 bits per heavy atom. The maximum Gasteiger partial charge on any atom is 0.273 e. The third-order valence-corrected chi connectivity index (χ3v) is 6.62. The predicted molar refractivity (Wildman–Crippen MR) is 136 cm³/mol. The van der Waals surface area contributed by atoms with Gasteiger partial charge in [-0.05, 0) is 81.8 Å². The molecule has 2 heteroatoms. The van der Waals surface area contributed by atoms with E-state index in [1.807, 2.05) is 25.1 Å². The number of fused-ring (bicyclic) bond motifs is 1. The zero-order valence-corrected chi connectivity index (χ0v) is 20.4. The van der Waals surface area contributed by atoms with Gasteiger partial charge in [-0.3, -0.25) is 0 Å². The number of hydrogen-bond acceptors (Lipinski definition) is 0. The van der Waals surface area contributed by atoms with Gasteiger partial charge in [-0.25, -0.2) is 4.57 Å². The molecule has 1 heterocycles. The van der Waals surface area contributed by atoms with Crippen LogP contribution in [0.15, 0.2) is 66.7 Å². The molecule has 0 fully saturated rings. The minimum absolute atomic E-state index is 0.182. The van der Waals surface area contributed by atoms with Gasteiger partial charge in [0.15, 0.2) is 11.0 Å². The lowest BCUT2D eigenvalue weighted by Gasteiger charge is -2.28. The first-order valence-electron chi connectivity index (χ1n) is 13.1. The second-order valence-corrected chi connectivity index (χ2v) is 9.95. The van der Waals surface area contributed by atoms with Crippen LogP contribution in [0.25, 0.3) is 16.7 Å². The summed E-state index contributed by atoms with van der Waals surface area (Å²) in [6, 6.07) is 22.8. The van der Waals surface area contributed by atoms with Crippen molar-refractivity contribution in [1.29, 1.82) is 0 Å². The molecule has 0 aliphatic heterocycles. The molecule has 0 saturated heterocycles. The fourth-order valence-corrected chi connectivity index (χ4v) is 5.17. The molecule has 0 aliphatic rings. The van der Waals surface area contributed by atoms with Crippen LogP contribution in [0.4, 0.5) is 0 Å². The molecule has 0 spiro atoms. The number of aryl methyl sites for hydroxylation is 2. The summed E-state index contributed by atoms with van der Waals surface area (Å²) >= 11 is 0. The quantitative estimate of drug-likeness (QED) is 0.290. The summed E-state index contributed by atoms with van der Waals surface area (Å²) in [4.78, 5) is 0. The highest BCUT2D eigenvalue weighted by atomic mass is 15.2. The van der Waals surface area contributed by atoms with E-state index in [2.05, 4.69) is 93.1 Å². The Labute approximate surface area is 197 Å². The van der Waals surface area contributed by atoms with Crippen molar-refractivity contribution in [2.24, 2.45) is 0 Å². The van der Waals surface area contributed by atoms with Crippen molar-refractivity contribution in [2.45, 2.75) is 72.7 Å². The summed E-state index contributed by atoms with van der Waals surface area (Å²) < 4.78 is 29.7. The first kappa shape index (κ1) is 18.7. The second kappa shape index (κ2) is 8.24. The topological polar surface area (TPSA) is 8.81 Å². The molecule has 1 aromatic heterocycles. The number of aromatic nitrogens is 2. The lowest BCUT2D eigenvalue weighted by Crippen LogP contribution is -2.46. The van der Waals surface area contributed by atoms with Crippen LogP contribution in [0.1, 0.15) is 85.7 Å². The molecule has 4 rings (SSSR count). The van der Waals surface area contributed by atoms with Crippen molar-refractivity contribution < 1.29 is 8.68 Å². The van der Waals surface area contributed by atoms with Crippen LogP contribution in [0.2, 0.25) is 0 Å². The Bertz CT molecular complexity index is 1370. The minimum Gasteiger partial charge on any atom is -0.224 e. The van der Waals surface area contributed by atoms with E-state index < -0.39 is 12.3 Å². The average Bonchev–Trinajstić information content (AvgIpc) is 3.14. The van der Waals surface area contributed by atoms with Crippen molar-refractivity contribution in [2.75, 3.05) is 0 Å². The van der Waals surface area contributed by atoms with E-state index in [-0.39, 0.29) is 6.04 Å². The van der Waals surface area contributed by atoms with E-state index in [0.29, 0.717) is 11.5 Å². The first-order chi connectivity index (χ1) is 16.4. The maximum absolute atomic E-state index is 8.35. The highest BCUT2D eigenvalue weighted by molar-refractivity contribution is 5.76. The van der Waals surface area contributed by atoms with Crippen molar-refractivity contribution in [3.8, 4) is 5.69 Å². The molecule has 0 saturated carbocycles. The standard InChI is InChI=1S/C30H37N2/c1-20(2)24-16-9-10-17-25(24)30(7,8)29-31(21(3)4)26-18-11-12-19-27(26)32(29)28-22(5)14-13-15-23(28)6/h9-21H,1-8H3/q+1/i5D3. The summed E-state index contributed by atoms with van der Waals surface area (Å²) in [7, 11) is 0. The molecule has 166 valence electrons. The van der Waals surface area contributed by atoms with Gasteiger partial charge < -0.3 is 0 Å². The molecule has 32 heavy (non-hydrogen) atoms. The third kappa shape index (κ3) is 3.46. The number of benzene rings is 3. The SMILES string of the molecule is [2H]C([2H])([2H])c1cccc(C)c1-n1c(C(C)(C)c2ccccc2C(C)C)[n+](C(C)C)c2ccccc21. The van der Waals surface area contributed by atoms with Gasteiger partial charge in [-0.15, -0.1) is 0 Å². The van der Waals surface area contributed by atoms with Gasteiger partial charge in [-0.1, -0.05) is 68.4 Å². The van der Waals surface area contributed by atoms with Crippen LogP contribution in [-0.4, -0.2) is 4.57 Å². The average molecular weight is 429 g/mol. The summed E-state index contributed by atoms with van der Waals surface area (Å²) in [6.45, 7) is 13.2. The largest absolute Gasteiger partial charge is 0.273 e. The van der Waals surface area contributed by atoms with Crippen LogP contribution in [-0.2, 0) is 5.41 Å². The predicted octanol–water partition coefficient (Wildman–Crippen LogP) is 7.57. The molecule has 0 aliphatic carbocycles. The minimum atomic E-state index is -2.23. The fraction of sp³-hybridized carbons (Fsp3) is 0.367. The highest BCUT2D eigenvalue weighted by Crippen LogP contribution is 2.39. The zero-order chi connectivity index (χ0) is 25.7. The number of nitrogens with zero attached hydrogens (tertiary/aromatic N) is 2. The van der Waals surface area contributed by atoms with Gasteiger partial charge in [-0.2, -0.15) is 4.57 Å². The summed E-state index contributed by atoms with van der Waals surface area (Å²) in [5, 5.41) is 0. The van der Waals surface area contributed by atoms with Crippen molar-refractivity contribution in [3.63, 3.8) is 0 Å². The van der Waals surface area contributed by atoms with E-state index in [4.69, 9.17) is 4.11 Å². The van der Waals surface area contributed by atoms with Gasteiger partial charge in [0.2, 0.25) is 0 Å². The van der Waals surface area contributed by atoms with Crippen molar-refractivity contribution in [3.05, 3.63) is 94.8 Å². The molecule has 0 bridgehead atoms. The summed E-state index contributed by atoms with van der Waals surface area (Å²) in [5.41, 5.74) is 6.38. The smallest absolute Gasteiger partial charge is 0.224 e. The molecule has 2 nitrogen and oxygen atoms in total. The van der Waals surface area contributed by atoms with Crippen LogP contribution >= 0.6 is 0 Å². The number of imidazole rings is 1. The highest BCUT2D eigenvalue weighted by Gasteiger charge is 2.42. The molecule has 0 N–H and O–H groups in total. The number of rotatable bonds is 5. The Morgan fingerprint density at radius 2 is 1.50 bits per heavy atom. The van der Waals surface area contributed by atoms with Crippen LogP contribution in [0.3, 0.4) is 0 Å². The molecule has 0 amide bonds. The normalized spacial score (nSPS) is 14.1. The third-order valence-electron chi connectivity index (χ3n) is 6.62. The Hall–Kier alpha value is -2.87. The molecular formula is C30H37N2+. The maximum atomic E-state index is 8.35. The van der Waals surface area contributed by atoms with Crippen LogP contribution < -0.4 is 4.57 Å². The van der Waals surface area contributed by atoms with Gasteiger partial charge in [0, 0.05) is 4.11 Å². The molecule has 0 radical (unpaired) electrons. The lowest BCUT2D eigenvalue weighted by molar-refractivity contribution is -0.701.